The van der Waals surface area contributed by atoms with Gasteiger partial charge in [-0.15, -0.1) is 0 Å². The van der Waals surface area contributed by atoms with Crippen LogP contribution in [0.4, 0.5) is 0 Å². The number of amides is 1. The fourth-order valence-electron chi connectivity index (χ4n) is 0.939. The molecule has 0 bridgehead atoms. The number of hydrogen-bond donors (Lipinski definition) is 0. The van der Waals surface area contributed by atoms with Crippen molar-refractivity contribution in [3.63, 3.8) is 0 Å². The summed E-state index contributed by atoms with van der Waals surface area (Å²) in [5.41, 5.74) is 6.67. The number of ether oxygens (including phenoxy) is 1. The van der Waals surface area contributed by atoms with Gasteiger partial charge in [-0.25, -0.2) is 0 Å². The quantitative estimate of drug-likeness (QED) is 0.644. The lowest BCUT2D eigenvalue weighted by atomic mass is 10.3. The highest BCUT2D eigenvalue weighted by molar-refractivity contribution is 5.72. The molecule has 0 atom stereocenters. The van der Waals surface area contributed by atoms with E-state index in [9.17, 15) is 4.79 Å². The van der Waals surface area contributed by atoms with E-state index in [1.54, 1.807) is 0 Å². The second-order valence-corrected chi connectivity index (χ2v) is 2.69. The minimum Gasteiger partial charge on any atom is -0.494 e. The van der Waals surface area contributed by atoms with Crippen molar-refractivity contribution in [1.82, 2.24) is 5.73 Å². The highest BCUT2D eigenvalue weighted by Crippen LogP contribution is 2.08. The molecule has 1 amide bonds. The van der Waals surface area contributed by atoms with Crippen LogP contribution >= 0.6 is 0 Å². The summed E-state index contributed by atoms with van der Waals surface area (Å²) in [6.45, 7) is 0.495. The Morgan fingerprint density at radius 3 is 2.62 bits per heavy atom. The number of carbonyl (C=O) groups is 1. The second-order valence-electron chi connectivity index (χ2n) is 2.69. The predicted molar refractivity (Wildman–Crippen MR) is 49.3 cm³/mol. The molecule has 69 valence electrons. The molecule has 1 aromatic rings. The van der Waals surface area contributed by atoms with Crippen LogP contribution in [0, 0.1) is 0 Å². The molecule has 0 fully saturated rings. The first-order valence-electron chi connectivity index (χ1n) is 4.21. The Morgan fingerprint density at radius 2 is 2.00 bits per heavy atom. The molecule has 1 N–H and O–H groups in total. The molecule has 0 aromatic heterocycles. The van der Waals surface area contributed by atoms with Gasteiger partial charge in [-0.05, 0) is 18.6 Å². The Hall–Kier alpha value is -1.51. The summed E-state index contributed by atoms with van der Waals surface area (Å²) in [4.78, 5) is 10.3. The van der Waals surface area contributed by atoms with Gasteiger partial charge in [0.15, 0.2) is 0 Å². The zero-order valence-corrected chi connectivity index (χ0v) is 7.32. The molecule has 3 heteroatoms. The van der Waals surface area contributed by atoms with Crippen LogP contribution in [0.15, 0.2) is 30.3 Å². The molecule has 1 rings (SSSR count). The Balaban J connectivity index is 2.17. The van der Waals surface area contributed by atoms with Crippen LogP contribution in [0.1, 0.15) is 12.8 Å². The summed E-state index contributed by atoms with van der Waals surface area (Å²) >= 11 is 0. The van der Waals surface area contributed by atoms with Gasteiger partial charge in [0, 0.05) is 6.42 Å². The van der Waals surface area contributed by atoms with Crippen LogP contribution in [-0.2, 0) is 4.79 Å². The van der Waals surface area contributed by atoms with E-state index in [0.29, 0.717) is 13.0 Å². The highest BCUT2D eigenvalue weighted by atomic mass is 16.5. The van der Waals surface area contributed by atoms with Gasteiger partial charge in [-0.1, -0.05) is 18.2 Å². The molecule has 0 saturated heterocycles. The van der Waals surface area contributed by atoms with Crippen LogP contribution in [0.25, 0.3) is 0 Å². The maximum atomic E-state index is 10.3. The Kier molecular flexibility index (Phi) is 3.82. The highest BCUT2D eigenvalue weighted by Gasteiger charge is 1.95. The normalized spacial score (nSPS) is 9.54. The lowest BCUT2D eigenvalue weighted by molar-refractivity contribution is -0.118. The maximum absolute atomic E-state index is 10.3. The molecular weight excluding hydrogens is 166 g/mol. The summed E-state index contributed by atoms with van der Waals surface area (Å²) in [5.74, 6) is 0.275. The summed E-state index contributed by atoms with van der Waals surface area (Å²) in [6.07, 6.45) is 0.879. The molecule has 0 saturated carbocycles. The van der Waals surface area contributed by atoms with Crippen molar-refractivity contribution in [2.45, 2.75) is 12.8 Å². The van der Waals surface area contributed by atoms with E-state index in [4.69, 9.17) is 10.5 Å². The van der Waals surface area contributed by atoms with E-state index >= 15 is 0 Å². The van der Waals surface area contributed by atoms with Gasteiger partial charge in [-0.3, -0.25) is 10.5 Å². The molecule has 0 unspecified atom stereocenters. The molecule has 0 aliphatic carbocycles. The summed E-state index contributed by atoms with van der Waals surface area (Å²) in [7, 11) is 0. The average molecular weight is 178 g/mol. The van der Waals surface area contributed by atoms with Gasteiger partial charge < -0.3 is 4.74 Å². The first kappa shape index (κ1) is 9.58. The Labute approximate surface area is 77.5 Å². The van der Waals surface area contributed by atoms with Crippen LogP contribution < -0.4 is 10.5 Å². The number of rotatable bonds is 5. The van der Waals surface area contributed by atoms with Crippen molar-refractivity contribution in [2.24, 2.45) is 0 Å². The van der Waals surface area contributed by atoms with E-state index in [-0.39, 0.29) is 6.42 Å². The lowest BCUT2D eigenvalue weighted by Gasteiger charge is -2.03. The van der Waals surface area contributed by atoms with Crippen LogP contribution in [-0.4, -0.2) is 12.5 Å². The zero-order valence-electron chi connectivity index (χ0n) is 7.32. The maximum Gasteiger partial charge on any atom is 0.238 e. The van der Waals surface area contributed by atoms with E-state index in [2.05, 4.69) is 0 Å². The van der Waals surface area contributed by atoms with Crippen molar-refractivity contribution in [1.29, 1.82) is 0 Å². The molecule has 1 aromatic carbocycles. The Bertz CT molecular complexity index is 259. The van der Waals surface area contributed by atoms with Gasteiger partial charge in [0.1, 0.15) is 5.75 Å². The first-order chi connectivity index (χ1) is 6.29. The summed E-state index contributed by atoms with van der Waals surface area (Å²) in [6, 6.07) is 9.43. The monoisotopic (exact) mass is 178 g/mol. The van der Waals surface area contributed by atoms with Crippen LogP contribution in [0.5, 0.6) is 5.75 Å². The van der Waals surface area contributed by atoms with Crippen molar-refractivity contribution in [3.05, 3.63) is 30.3 Å². The van der Waals surface area contributed by atoms with Crippen LogP contribution in [0.3, 0.4) is 0 Å². The van der Waals surface area contributed by atoms with Crippen molar-refractivity contribution in [2.75, 3.05) is 6.61 Å². The zero-order chi connectivity index (χ0) is 9.52. The summed E-state index contributed by atoms with van der Waals surface area (Å²) in [5, 5.41) is 0. The topological polar surface area (TPSA) is 50.1 Å². The SMILES string of the molecule is [NH]C(=O)CCCOc1ccccc1. The van der Waals surface area contributed by atoms with Gasteiger partial charge >= 0.3 is 0 Å². The minimum absolute atomic E-state index is 0.271. The predicted octanol–water partition coefficient (Wildman–Crippen LogP) is 1.66. The molecular formula is C10H12NO2. The lowest BCUT2D eigenvalue weighted by Crippen LogP contribution is -2.03. The molecule has 1 radical (unpaired) electrons. The van der Waals surface area contributed by atoms with Gasteiger partial charge in [0.2, 0.25) is 5.91 Å². The van der Waals surface area contributed by atoms with Crippen molar-refractivity contribution >= 4 is 5.91 Å². The van der Waals surface area contributed by atoms with Gasteiger partial charge in [0.25, 0.3) is 0 Å². The molecule has 3 nitrogen and oxygen atoms in total. The second kappa shape index (κ2) is 5.19. The molecule has 13 heavy (non-hydrogen) atoms. The molecule has 0 heterocycles. The van der Waals surface area contributed by atoms with Crippen LogP contribution in [0.2, 0.25) is 0 Å². The largest absolute Gasteiger partial charge is 0.494 e. The van der Waals surface area contributed by atoms with E-state index in [1.165, 1.54) is 0 Å². The number of nitrogens with one attached hydrogen (secondary N) is 1. The van der Waals surface area contributed by atoms with Crippen molar-refractivity contribution in [3.8, 4) is 5.75 Å². The minimum atomic E-state index is -0.531. The van der Waals surface area contributed by atoms with Gasteiger partial charge in [0.05, 0.1) is 6.61 Å². The Morgan fingerprint density at radius 1 is 1.31 bits per heavy atom. The van der Waals surface area contributed by atoms with Crippen molar-refractivity contribution < 1.29 is 9.53 Å². The number of carbonyl (C=O) groups excluding carboxylic acids is 1. The number of hydrogen-bond acceptors (Lipinski definition) is 2. The van der Waals surface area contributed by atoms with E-state index < -0.39 is 5.91 Å². The fourth-order valence-corrected chi connectivity index (χ4v) is 0.939. The number of para-hydroxylation sites is 1. The third kappa shape index (κ3) is 4.15. The van der Waals surface area contributed by atoms with Gasteiger partial charge in [-0.2, -0.15) is 0 Å². The van der Waals surface area contributed by atoms with E-state index in [1.807, 2.05) is 30.3 Å². The molecule has 0 aliphatic heterocycles. The third-order valence-electron chi connectivity index (χ3n) is 1.56. The number of benzene rings is 1. The average Bonchev–Trinajstić information content (AvgIpc) is 2.14. The molecule has 0 spiro atoms. The third-order valence-corrected chi connectivity index (χ3v) is 1.56. The molecule has 0 aliphatic rings. The summed E-state index contributed by atoms with van der Waals surface area (Å²) < 4.78 is 5.32. The first-order valence-corrected chi connectivity index (χ1v) is 4.21. The smallest absolute Gasteiger partial charge is 0.238 e. The standard InChI is InChI=1S/C10H12NO2/c11-10(12)7-4-8-13-9-5-2-1-3-6-9/h1-3,5-6,11H,4,7-8H2. The fraction of sp³-hybridized carbons (Fsp3) is 0.300. The van der Waals surface area contributed by atoms with E-state index in [0.717, 1.165) is 5.75 Å².